The van der Waals surface area contributed by atoms with Crippen LogP contribution in [0.1, 0.15) is 49.1 Å². The Morgan fingerprint density at radius 1 is 1.00 bits per heavy atom. The highest BCUT2D eigenvalue weighted by Crippen LogP contribution is 2.32. The molecule has 0 aliphatic carbocycles. The molecule has 44 heavy (non-hydrogen) atoms. The van der Waals surface area contributed by atoms with Crippen LogP contribution in [0.25, 0.3) is 6.08 Å². The summed E-state index contributed by atoms with van der Waals surface area (Å²) in [5.41, 5.74) is 6.14. The summed E-state index contributed by atoms with van der Waals surface area (Å²) in [6.07, 6.45) is 1.84. The normalized spacial score (nSPS) is 14.6. The van der Waals surface area contributed by atoms with Gasteiger partial charge in [-0.05, 0) is 82.2 Å². The van der Waals surface area contributed by atoms with Gasteiger partial charge in [0, 0.05) is 36.1 Å². The number of thiazole rings is 1. The molecule has 228 valence electrons. The number of ether oxygens (including phenoxy) is 2. The largest absolute Gasteiger partial charge is 0.497 e. The van der Waals surface area contributed by atoms with Crippen LogP contribution in [0.3, 0.4) is 0 Å². The third-order valence-electron chi connectivity index (χ3n) is 7.96. The van der Waals surface area contributed by atoms with Gasteiger partial charge in [0.15, 0.2) is 4.80 Å². The van der Waals surface area contributed by atoms with E-state index in [2.05, 4.69) is 24.1 Å². The van der Waals surface area contributed by atoms with E-state index in [1.54, 1.807) is 18.8 Å². The SMILES string of the molecule is CCN(CC)c1ccc(/C=c2/sc3n(c2=O)[C@@H](c2ccc(OC)cc2)C(C(=O)Nc2ccc(C)cc2C)=C(C)N=3)c(OC)c1. The van der Waals surface area contributed by atoms with Crippen LogP contribution < -0.4 is 34.6 Å². The fraction of sp³-hybridized carbons (Fsp3) is 0.286. The van der Waals surface area contributed by atoms with Gasteiger partial charge in [-0.2, -0.15) is 0 Å². The summed E-state index contributed by atoms with van der Waals surface area (Å²) in [5.74, 6) is 1.06. The van der Waals surface area contributed by atoms with E-state index >= 15 is 0 Å². The molecule has 2 heterocycles. The fourth-order valence-electron chi connectivity index (χ4n) is 5.60. The lowest BCUT2D eigenvalue weighted by Gasteiger charge is -2.25. The topological polar surface area (TPSA) is 85.2 Å². The van der Waals surface area contributed by atoms with Crippen molar-refractivity contribution < 1.29 is 14.3 Å². The lowest BCUT2D eigenvalue weighted by Crippen LogP contribution is -2.40. The van der Waals surface area contributed by atoms with E-state index in [9.17, 15) is 9.59 Å². The van der Waals surface area contributed by atoms with E-state index in [1.165, 1.54) is 11.3 Å². The molecule has 1 aromatic heterocycles. The third-order valence-corrected chi connectivity index (χ3v) is 8.94. The third kappa shape index (κ3) is 5.92. The van der Waals surface area contributed by atoms with Crippen LogP contribution in [0, 0.1) is 13.8 Å². The van der Waals surface area contributed by atoms with Crippen molar-refractivity contribution in [2.45, 2.75) is 40.7 Å². The predicted molar refractivity (Wildman–Crippen MR) is 178 cm³/mol. The molecular weight excluding hydrogens is 572 g/mol. The number of methoxy groups -OCH3 is 2. The number of allylic oxidation sites excluding steroid dienone is 1. The second kappa shape index (κ2) is 12.9. The van der Waals surface area contributed by atoms with Gasteiger partial charge < -0.3 is 19.7 Å². The number of aryl methyl sites for hydroxylation is 2. The number of benzene rings is 3. The Morgan fingerprint density at radius 3 is 2.36 bits per heavy atom. The molecule has 0 saturated carbocycles. The van der Waals surface area contributed by atoms with E-state index < -0.39 is 6.04 Å². The van der Waals surface area contributed by atoms with Crippen LogP contribution >= 0.6 is 11.3 Å². The maximum absolute atomic E-state index is 14.2. The lowest BCUT2D eigenvalue weighted by atomic mass is 9.95. The van der Waals surface area contributed by atoms with Crippen molar-refractivity contribution in [3.63, 3.8) is 0 Å². The summed E-state index contributed by atoms with van der Waals surface area (Å²) in [6.45, 7) is 11.8. The summed E-state index contributed by atoms with van der Waals surface area (Å²) >= 11 is 1.30. The molecule has 3 aromatic carbocycles. The van der Waals surface area contributed by atoms with Crippen molar-refractivity contribution in [1.29, 1.82) is 0 Å². The molecule has 8 nitrogen and oxygen atoms in total. The van der Waals surface area contributed by atoms with Crippen molar-refractivity contribution in [3.8, 4) is 11.5 Å². The van der Waals surface area contributed by atoms with Gasteiger partial charge in [-0.25, -0.2) is 4.99 Å². The van der Waals surface area contributed by atoms with E-state index in [4.69, 9.17) is 14.5 Å². The van der Waals surface area contributed by atoms with E-state index in [-0.39, 0.29) is 11.5 Å². The molecule has 0 unspecified atom stereocenters. The predicted octanol–water partition coefficient (Wildman–Crippen LogP) is 5.35. The van der Waals surface area contributed by atoms with Gasteiger partial charge in [-0.1, -0.05) is 41.2 Å². The first-order valence-corrected chi connectivity index (χ1v) is 15.5. The van der Waals surface area contributed by atoms with Crippen molar-refractivity contribution >= 4 is 34.7 Å². The average molecular weight is 611 g/mol. The monoisotopic (exact) mass is 610 g/mol. The molecule has 1 aliphatic heterocycles. The number of nitrogens with one attached hydrogen (secondary N) is 1. The van der Waals surface area contributed by atoms with Crippen LogP contribution in [0.5, 0.6) is 11.5 Å². The number of hydrogen-bond acceptors (Lipinski definition) is 7. The van der Waals surface area contributed by atoms with Gasteiger partial charge in [-0.3, -0.25) is 14.2 Å². The molecule has 0 saturated heterocycles. The van der Waals surface area contributed by atoms with Crippen LogP contribution in [0.4, 0.5) is 11.4 Å². The standard InChI is InChI=1S/C35H38N4O4S/c1-8-38(9-2)26-14-11-25(29(20-26)43-7)19-30-34(41)39-32(24-12-15-27(42-6)16-13-24)31(23(5)36-35(39)44-30)33(40)37-28-17-10-21(3)18-22(28)4/h10-20,32H,8-9H2,1-7H3,(H,37,40)/b30-19+/t32-/m0/s1. The van der Waals surface area contributed by atoms with Crippen LogP contribution in [-0.2, 0) is 4.79 Å². The van der Waals surface area contributed by atoms with Crippen molar-refractivity contribution in [2.24, 2.45) is 4.99 Å². The first-order valence-electron chi connectivity index (χ1n) is 14.7. The Balaban J connectivity index is 1.64. The second-order valence-corrected chi connectivity index (χ2v) is 11.7. The van der Waals surface area contributed by atoms with Crippen LogP contribution in [0.2, 0.25) is 0 Å². The summed E-state index contributed by atoms with van der Waals surface area (Å²) in [4.78, 5) is 35.7. The Labute approximate surface area is 261 Å². The van der Waals surface area contributed by atoms with Gasteiger partial charge in [0.05, 0.1) is 36.1 Å². The number of anilines is 2. The second-order valence-electron chi connectivity index (χ2n) is 10.7. The minimum absolute atomic E-state index is 0.228. The summed E-state index contributed by atoms with van der Waals surface area (Å²) in [6, 6.07) is 18.7. The number of aromatic nitrogens is 1. The maximum atomic E-state index is 14.2. The zero-order valence-electron chi connectivity index (χ0n) is 26.2. The smallest absolute Gasteiger partial charge is 0.271 e. The van der Waals surface area contributed by atoms with Crippen LogP contribution in [0.15, 0.2) is 81.7 Å². The number of nitrogens with zero attached hydrogens (tertiary/aromatic N) is 3. The molecule has 1 amide bonds. The van der Waals surface area contributed by atoms with Crippen LogP contribution in [-0.4, -0.2) is 37.8 Å². The zero-order chi connectivity index (χ0) is 31.5. The van der Waals surface area contributed by atoms with Gasteiger partial charge in [-0.15, -0.1) is 0 Å². The highest BCUT2D eigenvalue weighted by atomic mass is 32.1. The minimum atomic E-state index is -0.683. The molecule has 4 aromatic rings. The van der Waals surface area contributed by atoms with Gasteiger partial charge in [0.2, 0.25) is 0 Å². The lowest BCUT2D eigenvalue weighted by molar-refractivity contribution is -0.113. The first-order chi connectivity index (χ1) is 21.2. The zero-order valence-corrected chi connectivity index (χ0v) is 27.0. The number of amides is 1. The van der Waals surface area contributed by atoms with E-state index in [0.29, 0.717) is 37.8 Å². The van der Waals surface area contributed by atoms with Gasteiger partial charge in [0.1, 0.15) is 11.5 Å². The Bertz CT molecular complexity index is 1920. The molecule has 5 rings (SSSR count). The van der Waals surface area contributed by atoms with Gasteiger partial charge >= 0.3 is 0 Å². The number of carbonyl (C=O) groups is 1. The Kier molecular flexibility index (Phi) is 9.06. The number of carbonyl (C=O) groups excluding carboxylic acids is 1. The summed E-state index contributed by atoms with van der Waals surface area (Å²) in [7, 11) is 3.24. The maximum Gasteiger partial charge on any atom is 0.271 e. The molecule has 0 bridgehead atoms. The summed E-state index contributed by atoms with van der Waals surface area (Å²) in [5, 5.41) is 3.07. The fourth-order valence-corrected chi connectivity index (χ4v) is 6.64. The average Bonchev–Trinajstić information content (AvgIpc) is 3.32. The Morgan fingerprint density at radius 2 is 1.73 bits per heavy atom. The summed E-state index contributed by atoms with van der Waals surface area (Å²) < 4.78 is 13.2. The number of fused-ring (bicyclic) bond motifs is 1. The highest BCUT2D eigenvalue weighted by Gasteiger charge is 2.32. The molecule has 0 radical (unpaired) electrons. The molecule has 1 atom stereocenters. The van der Waals surface area contributed by atoms with Crippen molar-refractivity contribution in [3.05, 3.63) is 114 Å². The number of rotatable bonds is 9. The molecule has 0 fully saturated rings. The molecule has 1 aliphatic rings. The minimum Gasteiger partial charge on any atom is -0.497 e. The van der Waals surface area contributed by atoms with E-state index in [1.807, 2.05) is 87.5 Å². The highest BCUT2D eigenvalue weighted by molar-refractivity contribution is 7.07. The number of hydrogen-bond donors (Lipinski definition) is 1. The molecule has 1 N–H and O–H groups in total. The van der Waals surface area contributed by atoms with Crippen molar-refractivity contribution in [1.82, 2.24) is 4.57 Å². The molecular formula is C35H38N4O4S. The molecule has 0 spiro atoms. The first kappa shape index (κ1) is 30.8. The molecule has 9 heteroatoms. The van der Waals surface area contributed by atoms with E-state index in [0.717, 1.165) is 41.0 Å². The Hall–Kier alpha value is -4.63. The quantitative estimate of drug-likeness (QED) is 0.276. The van der Waals surface area contributed by atoms with Crippen molar-refractivity contribution in [2.75, 3.05) is 37.5 Å². The van der Waals surface area contributed by atoms with Gasteiger partial charge in [0.25, 0.3) is 11.5 Å².